The molecule has 0 aliphatic rings. The molecular formula is C18H17NO4. The molecule has 0 unspecified atom stereocenters. The van der Waals surface area contributed by atoms with Gasteiger partial charge in [-0.3, -0.25) is 0 Å². The van der Waals surface area contributed by atoms with Crippen molar-refractivity contribution in [3.63, 3.8) is 0 Å². The second-order valence-electron chi connectivity index (χ2n) is 4.84. The largest absolute Gasteiger partial charge is 0.478 e. The van der Waals surface area contributed by atoms with E-state index in [0.717, 1.165) is 11.1 Å². The van der Waals surface area contributed by atoms with Gasteiger partial charge in [0.15, 0.2) is 0 Å². The zero-order valence-electron chi connectivity index (χ0n) is 12.5. The molecule has 2 aromatic rings. The summed E-state index contributed by atoms with van der Waals surface area (Å²) in [5.74, 6) is -0.636. The summed E-state index contributed by atoms with van der Waals surface area (Å²) in [6, 6.07) is 16.8. The third kappa shape index (κ3) is 4.71. The summed E-state index contributed by atoms with van der Waals surface area (Å²) in [6.45, 7) is 3.55. The van der Waals surface area contributed by atoms with Crippen LogP contribution in [-0.4, -0.2) is 23.7 Å². The molecule has 0 aliphatic heterocycles. The molecule has 0 aromatic heterocycles. The molecule has 0 atom stereocenters. The Labute approximate surface area is 134 Å². The number of nitrogens with one attached hydrogen (secondary N) is 1. The molecule has 0 radical (unpaired) electrons. The lowest BCUT2D eigenvalue weighted by Gasteiger charge is -2.11. The number of carbonyl (C=O) groups is 2. The van der Waals surface area contributed by atoms with Crippen molar-refractivity contribution in [2.45, 2.75) is 6.42 Å². The van der Waals surface area contributed by atoms with Crippen LogP contribution in [0.4, 0.5) is 4.79 Å². The number of amides is 1. The van der Waals surface area contributed by atoms with Crippen LogP contribution in [0.1, 0.15) is 6.42 Å². The molecule has 0 saturated carbocycles. The van der Waals surface area contributed by atoms with Crippen molar-refractivity contribution in [2.75, 3.05) is 6.54 Å². The highest BCUT2D eigenvalue weighted by atomic mass is 16.6. The van der Waals surface area contributed by atoms with E-state index in [-0.39, 0.29) is 18.5 Å². The summed E-state index contributed by atoms with van der Waals surface area (Å²) in [5, 5.41) is 11.2. The number of carbonyl (C=O) groups excluding carboxylic acids is 1. The van der Waals surface area contributed by atoms with Crippen molar-refractivity contribution in [3.8, 4) is 16.9 Å². The lowest BCUT2D eigenvalue weighted by Crippen LogP contribution is -2.28. The predicted molar refractivity (Wildman–Crippen MR) is 87.3 cm³/mol. The molecule has 23 heavy (non-hydrogen) atoms. The van der Waals surface area contributed by atoms with Gasteiger partial charge < -0.3 is 15.2 Å². The highest BCUT2D eigenvalue weighted by Gasteiger charge is 2.10. The van der Waals surface area contributed by atoms with Crippen LogP contribution in [0.5, 0.6) is 5.75 Å². The molecule has 0 bridgehead atoms. The van der Waals surface area contributed by atoms with Crippen LogP contribution in [0, 0.1) is 0 Å². The highest BCUT2D eigenvalue weighted by molar-refractivity contribution is 5.85. The number of ether oxygens (including phenoxy) is 1. The van der Waals surface area contributed by atoms with E-state index in [1.165, 1.54) is 0 Å². The molecule has 0 aliphatic carbocycles. The lowest BCUT2D eigenvalue weighted by atomic mass is 10.1. The molecule has 0 fully saturated rings. The molecule has 2 rings (SSSR count). The molecule has 5 nitrogen and oxygen atoms in total. The Kier molecular flexibility index (Phi) is 5.52. The molecule has 2 aromatic carbocycles. The maximum atomic E-state index is 11.8. The van der Waals surface area contributed by atoms with Gasteiger partial charge in [-0.1, -0.05) is 55.1 Å². The minimum Gasteiger partial charge on any atom is -0.478 e. The van der Waals surface area contributed by atoms with Crippen LogP contribution in [0.25, 0.3) is 11.1 Å². The Bertz CT molecular complexity index is 710. The molecule has 1 amide bonds. The minimum atomic E-state index is -1.07. The summed E-state index contributed by atoms with van der Waals surface area (Å²) in [7, 11) is 0. The van der Waals surface area contributed by atoms with Crippen molar-refractivity contribution >= 4 is 12.1 Å². The number of hydrogen-bond acceptors (Lipinski definition) is 3. The summed E-state index contributed by atoms with van der Waals surface area (Å²) >= 11 is 0. The first-order valence-electron chi connectivity index (χ1n) is 7.09. The van der Waals surface area contributed by atoms with Gasteiger partial charge in [-0.15, -0.1) is 0 Å². The van der Waals surface area contributed by atoms with E-state index in [2.05, 4.69) is 11.9 Å². The summed E-state index contributed by atoms with van der Waals surface area (Å²) in [4.78, 5) is 22.5. The molecule has 0 saturated heterocycles. The number of carboxylic acid groups (broad SMARTS) is 1. The fraction of sp³-hybridized carbons (Fsp3) is 0.111. The zero-order valence-corrected chi connectivity index (χ0v) is 12.5. The Morgan fingerprint density at radius 3 is 2.39 bits per heavy atom. The number of aliphatic carboxylic acids is 1. The first-order valence-corrected chi connectivity index (χ1v) is 7.09. The average Bonchev–Trinajstić information content (AvgIpc) is 2.56. The third-order valence-electron chi connectivity index (χ3n) is 3.17. The van der Waals surface area contributed by atoms with E-state index < -0.39 is 12.1 Å². The maximum absolute atomic E-state index is 11.8. The van der Waals surface area contributed by atoms with Gasteiger partial charge in [0.25, 0.3) is 0 Å². The van der Waals surface area contributed by atoms with Gasteiger partial charge in [0.2, 0.25) is 0 Å². The monoisotopic (exact) mass is 311 g/mol. The molecule has 0 spiro atoms. The highest BCUT2D eigenvalue weighted by Crippen LogP contribution is 2.29. The van der Waals surface area contributed by atoms with Crippen molar-refractivity contribution in [3.05, 3.63) is 66.7 Å². The maximum Gasteiger partial charge on any atom is 0.412 e. The third-order valence-corrected chi connectivity index (χ3v) is 3.17. The van der Waals surface area contributed by atoms with Crippen molar-refractivity contribution in [1.29, 1.82) is 0 Å². The Balaban J connectivity index is 1.99. The fourth-order valence-corrected chi connectivity index (χ4v) is 1.97. The Hall–Kier alpha value is -3.08. The van der Waals surface area contributed by atoms with Crippen LogP contribution < -0.4 is 10.1 Å². The second kappa shape index (κ2) is 7.79. The van der Waals surface area contributed by atoms with E-state index in [0.29, 0.717) is 5.75 Å². The van der Waals surface area contributed by atoms with Gasteiger partial charge in [-0.2, -0.15) is 0 Å². The van der Waals surface area contributed by atoms with Gasteiger partial charge in [0.1, 0.15) is 5.75 Å². The minimum absolute atomic E-state index is 0.0370. The number of para-hydroxylation sites is 1. The van der Waals surface area contributed by atoms with Gasteiger partial charge in [-0.05, 0) is 18.1 Å². The fourth-order valence-electron chi connectivity index (χ4n) is 1.97. The molecule has 5 heteroatoms. The predicted octanol–water partition coefficient (Wildman–Crippen LogP) is 3.47. The zero-order chi connectivity index (χ0) is 16.7. The first-order chi connectivity index (χ1) is 11.1. The summed E-state index contributed by atoms with van der Waals surface area (Å²) in [5.41, 5.74) is 1.78. The second-order valence-corrected chi connectivity index (χ2v) is 4.84. The normalized spacial score (nSPS) is 9.91. The van der Waals surface area contributed by atoms with Gasteiger partial charge >= 0.3 is 12.1 Å². The molecule has 0 heterocycles. The molecule has 118 valence electrons. The van der Waals surface area contributed by atoms with E-state index in [1.54, 1.807) is 12.1 Å². The van der Waals surface area contributed by atoms with Crippen molar-refractivity contribution in [1.82, 2.24) is 5.32 Å². The number of carboxylic acids is 1. The van der Waals surface area contributed by atoms with E-state index in [4.69, 9.17) is 9.84 Å². The van der Waals surface area contributed by atoms with Gasteiger partial charge in [0, 0.05) is 17.7 Å². The molecule has 2 N–H and O–H groups in total. The smallest absolute Gasteiger partial charge is 0.412 e. The van der Waals surface area contributed by atoms with Crippen LogP contribution in [-0.2, 0) is 4.79 Å². The van der Waals surface area contributed by atoms with Crippen molar-refractivity contribution < 1.29 is 19.4 Å². The van der Waals surface area contributed by atoms with E-state index in [9.17, 15) is 9.59 Å². The van der Waals surface area contributed by atoms with Crippen LogP contribution in [0.2, 0.25) is 0 Å². The lowest BCUT2D eigenvalue weighted by molar-refractivity contribution is -0.132. The van der Waals surface area contributed by atoms with Crippen LogP contribution in [0.15, 0.2) is 66.7 Å². The number of benzene rings is 2. The summed E-state index contributed by atoms with van der Waals surface area (Å²) < 4.78 is 5.32. The Morgan fingerprint density at radius 2 is 1.70 bits per heavy atom. The number of hydrogen-bond donors (Lipinski definition) is 2. The quantitative estimate of drug-likeness (QED) is 0.801. The topological polar surface area (TPSA) is 75.6 Å². The molecular weight excluding hydrogens is 294 g/mol. The number of rotatable bonds is 6. The van der Waals surface area contributed by atoms with Crippen LogP contribution >= 0.6 is 0 Å². The first kappa shape index (κ1) is 16.3. The average molecular weight is 311 g/mol. The van der Waals surface area contributed by atoms with Crippen molar-refractivity contribution in [2.24, 2.45) is 0 Å². The van der Waals surface area contributed by atoms with Gasteiger partial charge in [-0.25, -0.2) is 9.59 Å². The van der Waals surface area contributed by atoms with E-state index in [1.807, 2.05) is 42.5 Å². The van der Waals surface area contributed by atoms with Gasteiger partial charge in [0.05, 0.1) is 0 Å². The SMILES string of the molecule is C=C(CCNC(=O)Oc1ccccc1-c1ccccc1)C(=O)O. The Morgan fingerprint density at radius 1 is 1.04 bits per heavy atom. The van der Waals surface area contributed by atoms with Crippen LogP contribution in [0.3, 0.4) is 0 Å². The summed E-state index contributed by atoms with van der Waals surface area (Å²) in [6.07, 6.45) is -0.475. The van der Waals surface area contributed by atoms with E-state index >= 15 is 0 Å². The standard InChI is InChI=1S/C18H17NO4/c1-13(17(20)21)11-12-19-18(22)23-16-10-6-5-9-15(16)14-7-3-2-4-8-14/h2-10H,1,11-12H2,(H,19,22)(H,20,21).